The van der Waals surface area contributed by atoms with Crippen LogP contribution in [0.4, 0.5) is 0 Å². The van der Waals surface area contributed by atoms with Gasteiger partial charge in [0.15, 0.2) is 0 Å². The number of fused-ring (bicyclic) bond motifs is 1. The molecule has 0 aliphatic heterocycles. The molecule has 0 bridgehead atoms. The van der Waals surface area contributed by atoms with Gasteiger partial charge in [-0.2, -0.15) is 0 Å². The maximum atomic E-state index is 10.4. The lowest BCUT2D eigenvalue weighted by Crippen LogP contribution is -1.94. The molecule has 1 heterocycles. The molecule has 0 saturated heterocycles. The fourth-order valence-corrected chi connectivity index (χ4v) is 2.22. The Labute approximate surface area is 101 Å². The van der Waals surface area contributed by atoms with Crippen LogP contribution >= 0.6 is 0 Å². The zero-order chi connectivity index (χ0) is 12.3. The molecule has 17 heavy (non-hydrogen) atoms. The first-order valence-corrected chi connectivity index (χ1v) is 5.93. The van der Waals surface area contributed by atoms with Crippen molar-refractivity contribution in [2.24, 2.45) is 7.05 Å². The molecule has 2 rings (SSSR count). The van der Waals surface area contributed by atoms with E-state index in [0.717, 1.165) is 19.3 Å². The third-order valence-corrected chi connectivity index (χ3v) is 3.07. The van der Waals surface area contributed by atoms with E-state index in [1.807, 2.05) is 19.2 Å². The number of unbranched alkanes of at least 4 members (excludes halogenated alkanes) is 1. The standard InChI is InChI=1S/C14H17NO2/c1-15-10-11(6-2-5-9-14(16)17)12-7-3-4-8-13(12)15/h3-4,7-8,10H,2,5-6,9H2,1H3,(H,16,17). The Kier molecular flexibility index (Phi) is 3.47. The highest BCUT2D eigenvalue weighted by molar-refractivity contribution is 5.83. The van der Waals surface area contributed by atoms with Crippen LogP contribution in [0.5, 0.6) is 0 Å². The molecule has 0 saturated carbocycles. The van der Waals surface area contributed by atoms with Crippen LogP contribution in [-0.4, -0.2) is 15.6 Å². The molecule has 2 aromatic rings. The number of rotatable bonds is 5. The number of carboxylic acids is 1. The van der Waals surface area contributed by atoms with Crippen molar-refractivity contribution in [2.45, 2.75) is 25.7 Å². The van der Waals surface area contributed by atoms with Crippen molar-refractivity contribution >= 4 is 16.9 Å². The summed E-state index contributed by atoms with van der Waals surface area (Å²) in [6.45, 7) is 0. The number of carbonyl (C=O) groups is 1. The predicted molar refractivity (Wildman–Crippen MR) is 68.1 cm³/mol. The van der Waals surface area contributed by atoms with Gasteiger partial charge in [0.25, 0.3) is 0 Å². The minimum atomic E-state index is -0.706. The van der Waals surface area contributed by atoms with E-state index in [4.69, 9.17) is 5.11 Å². The summed E-state index contributed by atoms with van der Waals surface area (Å²) in [7, 11) is 2.04. The summed E-state index contributed by atoms with van der Waals surface area (Å²) in [5.74, 6) is -0.706. The summed E-state index contributed by atoms with van der Waals surface area (Å²) in [4.78, 5) is 10.4. The molecule has 0 fully saturated rings. The Morgan fingerprint density at radius 1 is 1.29 bits per heavy atom. The van der Waals surface area contributed by atoms with Gasteiger partial charge in [0.1, 0.15) is 0 Å². The van der Waals surface area contributed by atoms with Crippen LogP contribution in [0.3, 0.4) is 0 Å². The molecule has 0 spiro atoms. The van der Waals surface area contributed by atoms with Gasteiger partial charge in [0.2, 0.25) is 0 Å². The molecule has 0 radical (unpaired) electrons. The summed E-state index contributed by atoms with van der Waals surface area (Å²) in [6.07, 6.45) is 5.05. The zero-order valence-corrected chi connectivity index (χ0v) is 10.0. The zero-order valence-electron chi connectivity index (χ0n) is 10.0. The number of aryl methyl sites for hydroxylation is 2. The first kappa shape index (κ1) is 11.7. The second-order valence-electron chi connectivity index (χ2n) is 4.38. The van der Waals surface area contributed by atoms with Gasteiger partial charge in [-0.05, 0) is 30.9 Å². The Morgan fingerprint density at radius 3 is 2.82 bits per heavy atom. The lowest BCUT2D eigenvalue weighted by Gasteiger charge is -1.98. The lowest BCUT2D eigenvalue weighted by molar-refractivity contribution is -0.137. The Bertz CT molecular complexity index is 528. The summed E-state index contributed by atoms with van der Waals surface area (Å²) in [5.41, 5.74) is 2.55. The SMILES string of the molecule is Cn1cc(CCCCC(=O)O)c2ccccc21. The van der Waals surface area contributed by atoms with Crippen LogP contribution in [0.1, 0.15) is 24.8 Å². The summed E-state index contributed by atoms with van der Waals surface area (Å²) in [6, 6.07) is 8.32. The average molecular weight is 231 g/mol. The van der Waals surface area contributed by atoms with Crippen molar-refractivity contribution in [3.8, 4) is 0 Å². The number of hydrogen-bond donors (Lipinski definition) is 1. The molecule has 0 amide bonds. The number of nitrogens with zero attached hydrogens (tertiary/aromatic N) is 1. The first-order valence-electron chi connectivity index (χ1n) is 5.93. The Morgan fingerprint density at radius 2 is 2.06 bits per heavy atom. The molecule has 0 aliphatic rings. The third kappa shape index (κ3) is 2.67. The average Bonchev–Trinajstić information content (AvgIpc) is 2.63. The molecule has 1 N–H and O–H groups in total. The molecule has 1 aromatic heterocycles. The largest absolute Gasteiger partial charge is 0.481 e. The second kappa shape index (κ2) is 5.04. The van der Waals surface area contributed by atoms with Crippen LogP contribution < -0.4 is 0 Å². The van der Waals surface area contributed by atoms with Crippen LogP contribution in [0.15, 0.2) is 30.5 Å². The van der Waals surface area contributed by atoms with Gasteiger partial charge in [0, 0.05) is 30.6 Å². The maximum absolute atomic E-state index is 10.4. The van der Waals surface area contributed by atoms with E-state index in [1.165, 1.54) is 16.5 Å². The van der Waals surface area contributed by atoms with Gasteiger partial charge in [-0.25, -0.2) is 0 Å². The Balaban J connectivity index is 2.06. The van der Waals surface area contributed by atoms with E-state index in [2.05, 4.69) is 22.9 Å². The van der Waals surface area contributed by atoms with Gasteiger partial charge in [-0.1, -0.05) is 18.2 Å². The number of benzene rings is 1. The highest BCUT2D eigenvalue weighted by Crippen LogP contribution is 2.21. The third-order valence-electron chi connectivity index (χ3n) is 3.07. The van der Waals surface area contributed by atoms with Crippen molar-refractivity contribution < 1.29 is 9.90 Å². The van der Waals surface area contributed by atoms with Crippen molar-refractivity contribution in [3.63, 3.8) is 0 Å². The summed E-state index contributed by atoms with van der Waals surface area (Å²) < 4.78 is 2.13. The highest BCUT2D eigenvalue weighted by atomic mass is 16.4. The molecule has 0 aliphatic carbocycles. The minimum absolute atomic E-state index is 0.269. The summed E-state index contributed by atoms with van der Waals surface area (Å²) in [5, 5.41) is 9.87. The van der Waals surface area contributed by atoms with Crippen LogP contribution in [0, 0.1) is 0 Å². The molecule has 1 aromatic carbocycles. The summed E-state index contributed by atoms with van der Waals surface area (Å²) >= 11 is 0. The van der Waals surface area contributed by atoms with Gasteiger partial charge < -0.3 is 9.67 Å². The first-order chi connectivity index (χ1) is 8.18. The topological polar surface area (TPSA) is 42.2 Å². The van der Waals surface area contributed by atoms with Crippen molar-refractivity contribution in [2.75, 3.05) is 0 Å². The normalized spacial score (nSPS) is 10.9. The fraction of sp³-hybridized carbons (Fsp3) is 0.357. The van der Waals surface area contributed by atoms with E-state index in [-0.39, 0.29) is 6.42 Å². The van der Waals surface area contributed by atoms with Gasteiger partial charge in [0.05, 0.1) is 0 Å². The van der Waals surface area contributed by atoms with E-state index >= 15 is 0 Å². The molecular weight excluding hydrogens is 214 g/mol. The molecule has 3 nitrogen and oxygen atoms in total. The van der Waals surface area contributed by atoms with Crippen LogP contribution in [0.2, 0.25) is 0 Å². The van der Waals surface area contributed by atoms with Crippen LogP contribution in [0.25, 0.3) is 10.9 Å². The molecule has 90 valence electrons. The number of para-hydroxylation sites is 1. The van der Waals surface area contributed by atoms with Crippen molar-refractivity contribution in [3.05, 3.63) is 36.0 Å². The van der Waals surface area contributed by atoms with Crippen LogP contribution in [-0.2, 0) is 18.3 Å². The predicted octanol–water partition coefficient (Wildman–Crippen LogP) is 2.98. The number of aromatic nitrogens is 1. The monoisotopic (exact) mass is 231 g/mol. The van der Waals surface area contributed by atoms with E-state index < -0.39 is 5.97 Å². The minimum Gasteiger partial charge on any atom is -0.481 e. The molecule has 0 atom stereocenters. The van der Waals surface area contributed by atoms with E-state index in [9.17, 15) is 4.79 Å². The maximum Gasteiger partial charge on any atom is 0.303 e. The molecule has 3 heteroatoms. The van der Waals surface area contributed by atoms with E-state index in [1.54, 1.807) is 0 Å². The van der Waals surface area contributed by atoms with Gasteiger partial charge >= 0.3 is 5.97 Å². The number of aliphatic carboxylic acids is 1. The molecule has 0 unspecified atom stereocenters. The highest BCUT2D eigenvalue weighted by Gasteiger charge is 2.05. The number of hydrogen-bond acceptors (Lipinski definition) is 1. The van der Waals surface area contributed by atoms with Crippen molar-refractivity contribution in [1.29, 1.82) is 0 Å². The second-order valence-corrected chi connectivity index (χ2v) is 4.38. The number of carboxylic acid groups (broad SMARTS) is 1. The van der Waals surface area contributed by atoms with Gasteiger partial charge in [-0.15, -0.1) is 0 Å². The van der Waals surface area contributed by atoms with E-state index in [0.29, 0.717) is 0 Å². The fourth-order valence-electron chi connectivity index (χ4n) is 2.22. The lowest BCUT2D eigenvalue weighted by atomic mass is 10.1. The molecular formula is C14H17NO2. The smallest absolute Gasteiger partial charge is 0.303 e. The quantitative estimate of drug-likeness (QED) is 0.804. The Hall–Kier alpha value is -1.77. The van der Waals surface area contributed by atoms with Crippen molar-refractivity contribution in [1.82, 2.24) is 4.57 Å². The van der Waals surface area contributed by atoms with Gasteiger partial charge in [-0.3, -0.25) is 4.79 Å².